The van der Waals surface area contributed by atoms with Crippen LogP contribution >= 0.6 is 23.1 Å². The van der Waals surface area contributed by atoms with Crippen LogP contribution in [-0.2, 0) is 17.9 Å². The van der Waals surface area contributed by atoms with Gasteiger partial charge in [-0.2, -0.15) is 0 Å². The van der Waals surface area contributed by atoms with E-state index >= 15 is 0 Å². The third-order valence-corrected chi connectivity index (χ3v) is 6.86. The molecule has 0 aliphatic heterocycles. The highest BCUT2D eigenvalue weighted by molar-refractivity contribution is 7.99. The van der Waals surface area contributed by atoms with Crippen molar-refractivity contribution in [2.24, 2.45) is 0 Å². The Labute approximate surface area is 190 Å². The molecule has 3 heterocycles. The fourth-order valence-electron chi connectivity index (χ4n) is 3.47. The number of hydrogen-bond acceptors (Lipinski definition) is 7. The van der Waals surface area contributed by atoms with E-state index in [1.165, 1.54) is 16.3 Å². The highest BCUT2D eigenvalue weighted by atomic mass is 32.2. The van der Waals surface area contributed by atoms with E-state index in [1.54, 1.807) is 23.5 Å². The molecule has 0 saturated carbocycles. The lowest BCUT2D eigenvalue weighted by Crippen LogP contribution is -2.25. The number of carbonyl (C=O) groups is 1. The van der Waals surface area contributed by atoms with Gasteiger partial charge in [0.25, 0.3) is 5.56 Å². The van der Waals surface area contributed by atoms with E-state index in [9.17, 15) is 9.59 Å². The minimum absolute atomic E-state index is 0.130. The van der Waals surface area contributed by atoms with Gasteiger partial charge in [-0.05, 0) is 24.3 Å². The molecule has 3 aromatic heterocycles. The summed E-state index contributed by atoms with van der Waals surface area (Å²) in [6, 6.07) is 15.2. The Hall–Kier alpha value is -3.50. The molecule has 0 radical (unpaired) electrons. The van der Waals surface area contributed by atoms with Gasteiger partial charge in [-0.3, -0.25) is 18.6 Å². The van der Waals surface area contributed by atoms with E-state index < -0.39 is 0 Å². The third-order valence-electron chi connectivity index (χ3n) is 4.90. The molecule has 0 saturated heterocycles. The molecule has 0 aliphatic carbocycles. The summed E-state index contributed by atoms with van der Waals surface area (Å²) in [6.07, 6.45) is 1.65. The van der Waals surface area contributed by atoms with Crippen molar-refractivity contribution in [1.29, 1.82) is 0 Å². The average molecular weight is 463 g/mol. The van der Waals surface area contributed by atoms with Crippen molar-refractivity contribution in [3.8, 4) is 0 Å². The van der Waals surface area contributed by atoms with E-state index in [4.69, 9.17) is 0 Å². The largest absolute Gasteiger partial charge is 0.349 e. The minimum atomic E-state index is -0.148. The molecule has 0 bridgehead atoms. The third kappa shape index (κ3) is 3.67. The summed E-state index contributed by atoms with van der Waals surface area (Å²) in [4.78, 5) is 29.9. The van der Waals surface area contributed by atoms with Gasteiger partial charge in [0.05, 0.1) is 33.4 Å². The van der Waals surface area contributed by atoms with Crippen LogP contribution in [0.15, 0.2) is 71.1 Å². The van der Waals surface area contributed by atoms with Crippen LogP contribution in [-0.4, -0.2) is 35.8 Å². The van der Waals surface area contributed by atoms with Crippen molar-refractivity contribution < 1.29 is 4.79 Å². The summed E-state index contributed by atoms with van der Waals surface area (Å²) in [6.45, 7) is 4.42. The molecule has 0 spiro atoms. The van der Waals surface area contributed by atoms with Gasteiger partial charge in [-0.15, -0.1) is 28.1 Å². The Morgan fingerprint density at radius 2 is 1.97 bits per heavy atom. The van der Waals surface area contributed by atoms with Crippen LogP contribution in [0.1, 0.15) is 5.01 Å². The number of thioether (sulfide) groups is 1. The van der Waals surface area contributed by atoms with Crippen LogP contribution in [0, 0.1) is 0 Å². The predicted octanol–water partition coefficient (Wildman–Crippen LogP) is 3.25. The number of aromatic nitrogens is 5. The summed E-state index contributed by atoms with van der Waals surface area (Å²) in [5.41, 5.74) is 1.49. The standard InChI is InChI=1S/C22H18N6O2S2/c1-2-11-27-20(30)14-7-3-5-9-16(14)28-21(27)25-26-22(28)31-13-18(29)23-12-19-24-15-8-4-6-10-17(15)32-19/h2-10H,1,11-13H2,(H,23,29). The topological polar surface area (TPSA) is 94.2 Å². The van der Waals surface area contributed by atoms with Gasteiger partial charge in [-0.25, -0.2) is 4.98 Å². The number of fused-ring (bicyclic) bond motifs is 4. The minimum Gasteiger partial charge on any atom is -0.349 e. The molecule has 0 aliphatic rings. The summed E-state index contributed by atoms with van der Waals surface area (Å²) in [7, 11) is 0. The number of rotatable bonds is 7. The van der Waals surface area contributed by atoms with Crippen LogP contribution < -0.4 is 10.9 Å². The Kier molecular flexibility index (Phi) is 5.46. The molecule has 5 aromatic rings. The fourth-order valence-corrected chi connectivity index (χ4v) is 5.15. The van der Waals surface area contributed by atoms with Gasteiger partial charge in [0, 0.05) is 6.54 Å². The molecule has 5 rings (SSSR count). The summed E-state index contributed by atoms with van der Waals surface area (Å²) >= 11 is 2.84. The van der Waals surface area contributed by atoms with Gasteiger partial charge < -0.3 is 5.32 Å². The van der Waals surface area contributed by atoms with Gasteiger partial charge in [-0.1, -0.05) is 42.1 Å². The first kappa shape index (κ1) is 20.4. The monoisotopic (exact) mass is 462 g/mol. The van der Waals surface area contributed by atoms with Crippen molar-refractivity contribution in [1.82, 2.24) is 29.5 Å². The Balaban J connectivity index is 1.36. The van der Waals surface area contributed by atoms with Crippen molar-refractivity contribution >= 4 is 55.9 Å². The van der Waals surface area contributed by atoms with Crippen molar-refractivity contribution in [3.05, 3.63) is 76.5 Å². The molecule has 32 heavy (non-hydrogen) atoms. The molecule has 2 aromatic carbocycles. The highest BCUT2D eigenvalue weighted by Gasteiger charge is 2.17. The maximum absolute atomic E-state index is 12.9. The van der Waals surface area contributed by atoms with Gasteiger partial charge in [0.1, 0.15) is 5.01 Å². The van der Waals surface area contributed by atoms with Crippen LogP contribution in [0.25, 0.3) is 26.9 Å². The van der Waals surface area contributed by atoms with Crippen LogP contribution in [0.2, 0.25) is 0 Å². The van der Waals surface area contributed by atoms with E-state index in [0.717, 1.165) is 15.2 Å². The first-order valence-electron chi connectivity index (χ1n) is 9.87. The predicted molar refractivity (Wildman–Crippen MR) is 127 cm³/mol. The Morgan fingerprint density at radius 1 is 1.16 bits per heavy atom. The van der Waals surface area contributed by atoms with Gasteiger partial charge in [0.15, 0.2) is 5.16 Å². The SMILES string of the molecule is C=CCn1c(=O)c2ccccc2n2c(SCC(=O)NCc3nc4ccccc4s3)nnc12. The second kappa shape index (κ2) is 8.56. The number of amides is 1. The number of carbonyl (C=O) groups excluding carboxylic acids is 1. The molecular weight excluding hydrogens is 444 g/mol. The lowest BCUT2D eigenvalue weighted by atomic mass is 10.2. The number of allylic oxidation sites excluding steroid dienone is 1. The maximum atomic E-state index is 12.9. The van der Waals surface area contributed by atoms with Crippen LogP contribution in [0.3, 0.4) is 0 Å². The highest BCUT2D eigenvalue weighted by Crippen LogP contribution is 2.23. The molecule has 160 valence electrons. The summed E-state index contributed by atoms with van der Waals surface area (Å²) in [5.74, 6) is 0.460. The number of benzene rings is 2. The number of hydrogen-bond donors (Lipinski definition) is 1. The normalized spacial score (nSPS) is 11.4. The molecular formula is C22H18N6O2S2. The molecule has 0 atom stereocenters. The number of para-hydroxylation sites is 2. The van der Waals surface area contributed by atoms with Crippen molar-refractivity contribution in [3.63, 3.8) is 0 Å². The van der Waals surface area contributed by atoms with Crippen molar-refractivity contribution in [2.75, 3.05) is 5.75 Å². The first-order chi connectivity index (χ1) is 15.7. The van der Waals surface area contributed by atoms with Crippen molar-refractivity contribution in [2.45, 2.75) is 18.2 Å². The van der Waals surface area contributed by atoms with E-state index in [1.807, 2.05) is 46.9 Å². The fraction of sp³-hybridized carbons (Fsp3) is 0.136. The quantitative estimate of drug-likeness (QED) is 0.295. The average Bonchev–Trinajstić information content (AvgIpc) is 3.43. The molecule has 1 N–H and O–H groups in total. The molecule has 8 nitrogen and oxygen atoms in total. The lowest BCUT2D eigenvalue weighted by Gasteiger charge is -2.09. The van der Waals surface area contributed by atoms with E-state index in [0.29, 0.717) is 34.9 Å². The Morgan fingerprint density at radius 3 is 2.81 bits per heavy atom. The molecule has 0 fully saturated rings. The number of thiazole rings is 1. The zero-order valence-electron chi connectivity index (χ0n) is 16.9. The van der Waals surface area contributed by atoms with E-state index in [2.05, 4.69) is 27.1 Å². The van der Waals surface area contributed by atoms with Gasteiger partial charge >= 0.3 is 0 Å². The smallest absolute Gasteiger partial charge is 0.263 e. The second-order valence-electron chi connectivity index (χ2n) is 6.98. The van der Waals surface area contributed by atoms with Crippen LogP contribution in [0.5, 0.6) is 0 Å². The second-order valence-corrected chi connectivity index (χ2v) is 9.04. The summed E-state index contributed by atoms with van der Waals surface area (Å²) < 4.78 is 4.43. The zero-order valence-corrected chi connectivity index (χ0v) is 18.5. The number of nitrogens with zero attached hydrogens (tertiary/aromatic N) is 5. The van der Waals surface area contributed by atoms with E-state index in [-0.39, 0.29) is 17.2 Å². The zero-order chi connectivity index (χ0) is 22.1. The van der Waals surface area contributed by atoms with Crippen LogP contribution in [0.4, 0.5) is 0 Å². The number of nitrogens with one attached hydrogen (secondary N) is 1. The maximum Gasteiger partial charge on any atom is 0.263 e. The first-order valence-corrected chi connectivity index (χ1v) is 11.7. The molecule has 1 amide bonds. The summed E-state index contributed by atoms with van der Waals surface area (Å²) in [5, 5.41) is 13.3. The van der Waals surface area contributed by atoms with Gasteiger partial charge in [0.2, 0.25) is 11.7 Å². The Bertz CT molecular complexity index is 1500. The lowest BCUT2D eigenvalue weighted by molar-refractivity contribution is -0.118. The molecule has 0 unspecified atom stereocenters. The molecule has 10 heteroatoms.